The molecule has 72 valence electrons. The molecule has 0 amide bonds. The van der Waals surface area contributed by atoms with Gasteiger partial charge in [0.1, 0.15) is 11.6 Å². The highest BCUT2D eigenvalue weighted by atomic mass is 79.9. The Bertz CT molecular complexity index is 317. The van der Waals surface area contributed by atoms with Crippen molar-refractivity contribution in [3.63, 3.8) is 0 Å². The van der Waals surface area contributed by atoms with E-state index in [1.54, 1.807) is 0 Å². The minimum absolute atomic E-state index is 0.0393. The van der Waals surface area contributed by atoms with Gasteiger partial charge in [-0.1, -0.05) is 6.92 Å². The molecule has 0 fully saturated rings. The van der Waals surface area contributed by atoms with Crippen LogP contribution in [0.3, 0.4) is 0 Å². The molecule has 2 nitrogen and oxygen atoms in total. The van der Waals surface area contributed by atoms with E-state index in [2.05, 4.69) is 15.9 Å². The SMILES string of the molecule is CC(CN)c1cc(F)c(Br)cc1O. The van der Waals surface area contributed by atoms with Crippen molar-refractivity contribution < 1.29 is 9.50 Å². The van der Waals surface area contributed by atoms with Crippen molar-refractivity contribution in [2.75, 3.05) is 6.54 Å². The van der Waals surface area contributed by atoms with E-state index in [0.29, 0.717) is 12.1 Å². The molecule has 0 aliphatic carbocycles. The molecule has 1 atom stereocenters. The fourth-order valence-electron chi connectivity index (χ4n) is 1.07. The Morgan fingerprint density at radius 1 is 1.62 bits per heavy atom. The van der Waals surface area contributed by atoms with E-state index in [9.17, 15) is 9.50 Å². The highest BCUT2D eigenvalue weighted by Gasteiger charge is 2.12. The fraction of sp³-hybridized carbons (Fsp3) is 0.333. The Kier molecular flexibility index (Phi) is 3.27. The maximum absolute atomic E-state index is 13.1. The van der Waals surface area contributed by atoms with Crippen LogP contribution < -0.4 is 5.73 Å². The molecule has 0 saturated carbocycles. The van der Waals surface area contributed by atoms with Crippen molar-refractivity contribution in [1.29, 1.82) is 0 Å². The molecule has 1 unspecified atom stereocenters. The van der Waals surface area contributed by atoms with Crippen LogP contribution in [0.25, 0.3) is 0 Å². The topological polar surface area (TPSA) is 46.2 Å². The Hall–Kier alpha value is -0.610. The van der Waals surface area contributed by atoms with Gasteiger partial charge >= 0.3 is 0 Å². The Morgan fingerprint density at radius 2 is 2.23 bits per heavy atom. The zero-order chi connectivity index (χ0) is 10.0. The molecule has 0 bridgehead atoms. The summed E-state index contributed by atoms with van der Waals surface area (Å²) in [6.45, 7) is 2.22. The van der Waals surface area contributed by atoms with Gasteiger partial charge in [-0.25, -0.2) is 4.39 Å². The van der Waals surface area contributed by atoms with E-state index in [4.69, 9.17) is 5.73 Å². The standard InChI is InChI=1S/C9H11BrFNO/c1-5(4-12)6-2-8(11)7(10)3-9(6)13/h2-3,5,13H,4,12H2,1H3. The van der Waals surface area contributed by atoms with Crippen LogP contribution in [0.4, 0.5) is 4.39 Å². The number of aromatic hydroxyl groups is 1. The van der Waals surface area contributed by atoms with Crippen LogP contribution in [-0.2, 0) is 0 Å². The lowest BCUT2D eigenvalue weighted by Gasteiger charge is -2.11. The van der Waals surface area contributed by atoms with Crippen molar-refractivity contribution in [2.24, 2.45) is 5.73 Å². The molecular formula is C9H11BrFNO. The Morgan fingerprint density at radius 3 is 2.77 bits per heavy atom. The summed E-state index contributed by atoms with van der Waals surface area (Å²) in [5.41, 5.74) is 5.96. The quantitative estimate of drug-likeness (QED) is 0.843. The van der Waals surface area contributed by atoms with Crippen molar-refractivity contribution in [1.82, 2.24) is 0 Å². The smallest absolute Gasteiger partial charge is 0.137 e. The van der Waals surface area contributed by atoms with Gasteiger partial charge in [0, 0.05) is 5.56 Å². The summed E-state index contributed by atoms with van der Waals surface area (Å²) in [5, 5.41) is 9.47. The maximum Gasteiger partial charge on any atom is 0.137 e. The number of hydrogen-bond donors (Lipinski definition) is 2. The van der Waals surface area contributed by atoms with Crippen molar-refractivity contribution in [3.05, 3.63) is 28.0 Å². The third-order valence-electron chi connectivity index (χ3n) is 1.95. The number of benzene rings is 1. The maximum atomic E-state index is 13.1. The van der Waals surface area contributed by atoms with Crippen LogP contribution in [0.1, 0.15) is 18.4 Å². The summed E-state index contributed by atoms with van der Waals surface area (Å²) in [5.74, 6) is -0.345. The molecule has 0 radical (unpaired) electrons. The van der Waals surface area contributed by atoms with Gasteiger partial charge in [0.05, 0.1) is 4.47 Å². The van der Waals surface area contributed by atoms with Gasteiger partial charge in [-0.3, -0.25) is 0 Å². The Labute approximate surface area is 84.7 Å². The fourth-order valence-corrected chi connectivity index (χ4v) is 1.40. The molecule has 0 spiro atoms. The van der Waals surface area contributed by atoms with E-state index in [-0.39, 0.29) is 22.0 Å². The van der Waals surface area contributed by atoms with Gasteiger partial charge in [0.15, 0.2) is 0 Å². The lowest BCUT2D eigenvalue weighted by molar-refractivity contribution is 0.459. The molecule has 4 heteroatoms. The first-order valence-electron chi connectivity index (χ1n) is 3.94. The lowest BCUT2D eigenvalue weighted by Crippen LogP contribution is -2.09. The number of hydrogen-bond acceptors (Lipinski definition) is 2. The summed E-state index contributed by atoms with van der Waals surface area (Å²) < 4.78 is 13.3. The van der Waals surface area contributed by atoms with Gasteiger partial charge in [0.25, 0.3) is 0 Å². The molecule has 13 heavy (non-hydrogen) atoms. The van der Waals surface area contributed by atoms with E-state index < -0.39 is 0 Å². The van der Waals surface area contributed by atoms with Crippen LogP contribution in [0.2, 0.25) is 0 Å². The minimum Gasteiger partial charge on any atom is -0.508 e. The number of nitrogens with two attached hydrogens (primary N) is 1. The van der Waals surface area contributed by atoms with Crippen molar-refractivity contribution >= 4 is 15.9 Å². The van der Waals surface area contributed by atoms with Crippen LogP contribution in [0, 0.1) is 5.82 Å². The summed E-state index contributed by atoms with van der Waals surface area (Å²) >= 11 is 2.98. The second-order valence-electron chi connectivity index (χ2n) is 2.96. The normalized spacial score (nSPS) is 12.9. The third kappa shape index (κ3) is 2.19. The second kappa shape index (κ2) is 4.07. The molecule has 0 heterocycles. The molecule has 0 aromatic heterocycles. The van der Waals surface area contributed by atoms with E-state index in [1.165, 1.54) is 12.1 Å². The summed E-state index contributed by atoms with van der Waals surface area (Å²) in [7, 11) is 0. The largest absolute Gasteiger partial charge is 0.508 e. The highest BCUT2D eigenvalue weighted by molar-refractivity contribution is 9.10. The first-order chi connectivity index (χ1) is 6.06. The molecule has 0 aliphatic rings. The molecule has 0 saturated heterocycles. The molecule has 1 aromatic rings. The molecule has 0 aliphatic heterocycles. The summed E-state index contributed by atoms with van der Waals surface area (Å²) in [4.78, 5) is 0. The summed E-state index contributed by atoms with van der Waals surface area (Å²) in [6, 6.07) is 2.65. The van der Waals surface area contributed by atoms with Crippen molar-refractivity contribution in [2.45, 2.75) is 12.8 Å². The van der Waals surface area contributed by atoms with Gasteiger partial charge in [-0.15, -0.1) is 0 Å². The first kappa shape index (κ1) is 10.5. The first-order valence-corrected chi connectivity index (χ1v) is 4.73. The predicted octanol–water partition coefficient (Wildman–Crippen LogP) is 2.36. The van der Waals surface area contributed by atoms with E-state index in [0.717, 1.165) is 0 Å². The average Bonchev–Trinajstić information content (AvgIpc) is 2.10. The highest BCUT2D eigenvalue weighted by Crippen LogP contribution is 2.30. The zero-order valence-corrected chi connectivity index (χ0v) is 8.81. The minimum atomic E-state index is -0.381. The molecular weight excluding hydrogens is 237 g/mol. The third-order valence-corrected chi connectivity index (χ3v) is 2.56. The second-order valence-corrected chi connectivity index (χ2v) is 3.82. The van der Waals surface area contributed by atoms with Gasteiger partial charge in [0.2, 0.25) is 0 Å². The number of rotatable bonds is 2. The number of phenolic OH excluding ortho intramolecular Hbond substituents is 1. The molecule has 1 rings (SSSR count). The van der Waals surface area contributed by atoms with Crippen LogP contribution in [0.15, 0.2) is 16.6 Å². The zero-order valence-electron chi connectivity index (χ0n) is 7.22. The summed E-state index contributed by atoms with van der Waals surface area (Å²) in [6.07, 6.45) is 0. The average molecular weight is 248 g/mol. The number of phenols is 1. The predicted molar refractivity (Wildman–Crippen MR) is 53.2 cm³/mol. The molecule has 1 aromatic carbocycles. The van der Waals surface area contributed by atoms with Crippen LogP contribution in [0.5, 0.6) is 5.75 Å². The van der Waals surface area contributed by atoms with Gasteiger partial charge in [-0.2, -0.15) is 0 Å². The van der Waals surface area contributed by atoms with E-state index in [1.807, 2.05) is 6.92 Å². The monoisotopic (exact) mass is 247 g/mol. The van der Waals surface area contributed by atoms with E-state index >= 15 is 0 Å². The van der Waals surface area contributed by atoms with Crippen LogP contribution >= 0.6 is 15.9 Å². The van der Waals surface area contributed by atoms with Gasteiger partial charge < -0.3 is 10.8 Å². The van der Waals surface area contributed by atoms with Crippen molar-refractivity contribution in [3.8, 4) is 5.75 Å². The van der Waals surface area contributed by atoms with Crippen LogP contribution in [-0.4, -0.2) is 11.7 Å². The number of halogens is 2. The lowest BCUT2D eigenvalue weighted by atomic mass is 10.0. The molecule has 3 N–H and O–H groups in total. The Balaban J connectivity index is 3.15. The van der Waals surface area contributed by atoms with Gasteiger partial charge in [-0.05, 0) is 40.5 Å².